The van der Waals surface area contributed by atoms with E-state index < -0.39 is 15.8 Å². The summed E-state index contributed by atoms with van der Waals surface area (Å²) in [5.41, 5.74) is 1.09. The van der Waals surface area contributed by atoms with E-state index in [1.807, 2.05) is 0 Å². The first-order valence-corrected chi connectivity index (χ1v) is 7.38. The van der Waals surface area contributed by atoms with Gasteiger partial charge in [-0.15, -0.1) is 0 Å². The normalized spacial score (nSPS) is 11.6. The van der Waals surface area contributed by atoms with Gasteiger partial charge in [0.25, 0.3) is 10.0 Å². The fourth-order valence-corrected chi connectivity index (χ4v) is 2.95. The highest BCUT2D eigenvalue weighted by molar-refractivity contribution is 7.92. The predicted octanol–water partition coefficient (Wildman–Crippen LogP) is 1.38. The Balaban J connectivity index is 2.33. The van der Waals surface area contributed by atoms with Gasteiger partial charge in [0.15, 0.2) is 5.03 Å². The number of rotatable bonds is 5. The SMILES string of the molecule is CNCc1cn[nH]c1S(=O)(=O)Nc1ccc(C)cc1F. The first kappa shape index (κ1) is 14.5. The van der Waals surface area contributed by atoms with Gasteiger partial charge in [0.1, 0.15) is 5.82 Å². The number of sulfonamides is 1. The summed E-state index contributed by atoms with van der Waals surface area (Å²) >= 11 is 0. The Morgan fingerprint density at radius 1 is 1.40 bits per heavy atom. The topological polar surface area (TPSA) is 86.9 Å². The van der Waals surface area contributed by atoms with E-state index >= 15 is 0 Å². The van der Waals surface area contributed by atoms with E-state index in [0.29, 0.717) is 17.7 Å². The Morgan fingerprint density at radius 3 is 2.80 bits per heavy atom. The predicted molar refractivity (Wildman–Crippen MR) is 73.3 cm³/mol. The van der Waals surface area contributed by atoms with E-state index in [4.69, 9.17) is 0 Å². The summed E-state index contributed by atoms with van der Waals surface area (Å²) in [7, 11) is -2.22. The Kier molecular flexibility index (Phi) is 4.05. The minimum atomic E-state index is -3.91. The third-order valence-electron chi connectivity index (χ3n) is 2.68. The van der Waals surface area contributed by atoms with Crippen LogP contribution in [0.2, 0.25) is 0 Å². The third-order valence-corrected chi connectivity index (χ3v) is 4.06. The van der Waals surface area contributed by atoms with Crippen LogP contribution in [0, 0.1) is 12.7 Å². The smallest absolute Gasteiger partial charge is 0.279 e. The van der Waals surface area contributed by atoms with E-state index in [9.17, 15) is 12.8 Å². The Bertz CT molecular complexity index is 712. The molecule has 0 saturated heterocycles. The van der Waals surface area contributed by atoms with Gasteiger partial charge in [0.05, 0.1) is 11.9 Å². The number of benzene rings is 1. The maximum Gasteiger partial charge on any atom is 0.279 e. The number of nitrogens with one attached hydrogen (secondary N) is 3. The molecule has 1 heterocycles. The lowest BCUT2D eigenvalue weighted by Crippen LogP contribution is -2.17. The molecule has 0 unspecified atom stereocenters. The van der Waals surface area contributed by atoms with Crippen molar-refractivity contribution in [1.29, 1.82) is 0 Å². The van der Waals surface area contributed by atoms with Gasteiger partial charge in [-0.05, 0) is 31.7 Å². The van der Waals surface area contributed by atoms with Crippen molar-refractivity contribution in [3.05, 3.63) is 41.3 Å². The number of halogens is 1. The van der Waals surface area contributed by atoms with Gasteiger partial charge in [-0.2, -0.15) is 13.5 Å². The number of H-pyrrole nitrogens is 1. The highest BCUT2D eigenvalue weighted by Crippen LogP contribution is 2.20. The molecule has 20 heavy (non-hydrogen) atoms. The van der Waals surface area contributed by atoms with Gasteiger partial charge in [-0.1, -0.05) is 6.07 Å². The number of aromatic nitrogens is 2. The van der Waals surface area contributed by atoms with Crippen molar-refractivity contribution in [2.24, 2.45) is 0 Å². The zero-order chi connectivity index (χ0) is 14.8. The molecule has 0 fully saturated rings. The van der Waals surface area contributed by atoms with Crippen LogP contribution in [0.15, 0.2) is 29.4 Å². The molecule has 0 saturated carbocycles. The number of anilines is 1. The van der Waals surface area contributed by atoms with Crippen molar-refractivity contribution >= 4 is 15.7 Å². The average Bonchev–Trinajstić information content (AvgIpc) is 2.82. The molecule has 1 aromatic heterocycles. The zero-order valence-electron chi connectivity index (χ0n) is 11.1. The zero-order valence-corrected chi connectivity index (χ0v) is 11.9. The number of aryl methyl sites for hydroxylation is 1. The second kappa shape index (κ2) is 5.59. The Morgan fingerprint density at radius 2 is 2.15 bits per heavy atom. The van der Waals surface area contributed by atoms with Gasteiger partial charge in [-0.3, -0.25) is 9.82 Å². The maximum atomic E-state index is 13.7. The lowest BCUT2D eigenvalue weighted by atomic mass is 10.2. The first-order valence-electron chi connectivity index (χ1n) is 5.90. The van der Waals surface area contributed by atoms with Crippen LogP contribution < -0.4 is 10.0 Å². The molecule has 0 atom stereocenters. The molecule has 1 aromatic carbocycles. The number of hydrogen-bond donors (Lipinski definition) is 3. The van der Waals surface area contributed by atoms with Crippen molar-refractivity contribution in [2.45, 2.75) is 18.5 Å². The molecular weight excluding hydrogens is 283 g/mol. The minimum absolute atomic E-state index is 0.0770. The fourth-order valence-electron chi connectivity index (χ4n) is 1.75. The minimum Gasteiger partial charge on any atom is -0.316 e. The largest absolute Gasteiger partial charge is 0.316 e. The monoisotopic (exact) mass is 298 g/mol. The molecule has 0 aliphatic heterocycles. The van der Waals surface area contributed by atoms with Crippen molar-refractivity contribution in [3.8, 4) is 0 Å². The molecule has 0 spiro atoms. The van der Waals surface area contributed by atoms with Gasteiger partial charge < -0.3 is 5.32 Å². The van der Waals surface area contributed by atoms with Crippen LogP contribution in [0.5, 0.6) is 0 Å². The molecular formula is C12H15FN4O2S. The van der Waals surface area contributed by atoms with E-state index in [0.717, 1.165) is 0 Å². The van der Waals surface area contributed by atoms with Crippen LogP contribution in [0.3, 0.4) is 0 Å². The molecule has 2 aromatic rings. The molecule has 2 rings (SSSR count). The standard InChI is InChI=1S/C12H15FN4O2S/c1-8-3-4-11(10(13)5-8)17-20(18,19)12-9(6-14-2)7-15-16-12/h3-5,7,14,17H,6H2,1-2H3,(H,15,16). The van der Waals surface area contributed by atoms with Gasteiger partial charge in [0, 0.05) is 12.1 Å². The van der Waals surface area contributed by atoms with Gasteiger partial charge >= 0.3 is 0 Å². The van der Waals surface area contributed by atoms with Crippen LogP contribution in [0.1, 0.15) is 11.1 Å². The highest BCUT2D eigenvalue weighted by Gasteiger charge is 2.21. The van der Waals surface area contributed by atoms with Crippen molar-refractivity contribution in [3.63, 3.8) is 0 Å². The molecule has 8 heteroatoms. The molecule has 0 radical (unpaired) electrons. The van der Waals surface area contributed by atoms with E-state index in [2.05, 4.69) is 20.2 Å². The van der Waals surface area contributed by atoms with E-state index in [1.165, 1.54) is 18.3 Å². The molecule has 0 aliphatic rings. The fraction of sp³-hybridized carbons (Fsp3) is 0.250. The number of nitrogens with zero attached hydrogens (tertiary/aromatic N) is 1. The second-order valence-electron chi connectivity index (χ2n) is 4.34. The summed E-state index contributed by atoms with van der Waals surface area (Å²) in [6, 6.07) is 4.28. The van der Waals surface area contributed by atoms with Gasteiger partial charge in [-0.25, -0.2) is 4.39 Å². The summed E-state index contributed by atoms with van der Waals surface area (Å²) in [4.78, 5) is 0. The van der Waals surface area contributed by atoms with E-state index in [-0.39, 0.29) is 10.7 Å². The lowest BCUT2D eigenvalue weighted by molar-refractivity contribution is 0.592. The number of hydrogen-bond acceptors (Lipinski definition) is 4. The molecule has 0 amide bonds. The summed E-state index contributed by atoms with van der Waals surface area (Å²) in [6.07, 6.45) is 1.41. The Hall–Kier alpha value is -1.93. The molecule has 6 nitrogen and oxygen atoms in total. The lowest BCUT2D eigenvalue weighted by Gasteiger charge is -2.09. The summed E-state index contributed by atoms with van der Waals surface area (Å²) in [6.45, 7) is 2.06. The molecule has 108 valence electrons. The highest BCUT2D eigenvalue weighted by atomic mass is 32.2. The van der Waals surface area contributed by atoms with Gasteiger partial charge in [0.2, 0.25) is 0 Å². The molecule has 0 bridgehead atoms. The third kappa shape index (κ3) is 2.97. The second-order valence-corrected chi connectivity index (χ2v) is 5.96. The summed E-state index contributed by atoms with van der Waals surface area (Å²) < 4.78 is 40.4. The van der Waals surface area contributed by atoms with Crippen molar-refractivity contribution < 1.29 is 12.8 Å². The quantitative estimate of drug-likeness (QED) is 0.778. The average molecular weight is 298 g/mol. The maximum absolute atomic E-state index is 13.7. The van der Waals surface area contributed by atoms with Crippen LogP contribution in [0.25, 0.3) is 0 Å². The summed E-state index contributed by atoms with van der Waals surface area (Å²) in [5, 5.41) is 8.89. The number of aromatic amines is 1. The van der Waals surface area contributed by atoms with Crippen molar-refractivity contribution in [1.82, 2.24) is 15.5 Å². The van der Waals surface area contributed by atoms with Crippen LogP contribution >= 0.6 is 0 Å². The van der Waals surface area contributed by atoms with Crippen LogP contribution in [-0.2, 0) is 16.6 Å². The Labute approximate surface area is 116 Å². The molecule has 3 N–H and O–H groups in total. The van der Waals surface area contributed by atoms with Crippen LogP contribution in [-0.4, -0.2) is 25.7 Å². The molecule has 0 aliphatic carbocycles. The van der Waals surface area contributed by atoms with Crippen molar-refractivity contribution in [2.75, 3.05) is 11.8 Å². The first-order chi connectivity index (χ1) is 9.44. The van der Waals surface area contributed by atoms with Crippen LogP contribution in [0.4, 0.5) is 10.1 Å². The van der Waals surface area contributed by atoms with E-state index in [1.54, 1.807) is 20.0 Å². The summed E-state index contributed by atoms with van der Waals surface area (Å²) in [5.74, 6) is -0.622.